The molecule has 0 atom stereocenters. The molecule has 1 rings (SSSR count). The summed E-state index contributed by atoms with van der Waals surface area (Å²) in [5, 5.41) is 17.4. The number of aliphatic hydroxyl groups excluding tert-OH is 1. The summed E-state index contributed by atoms with van der Waals surface area (Å²) in [6.45, 7) is 1.22. The molecule has 1 aliphatic rings. The fraction of sp³-hybridized carbons (Fsp3) is 1.00. The maximum absolute atomic E-state index is 10.7. The standard InChI is InChI=1S/C10H22N2O3S/c11-16(14,15)7-6-12-8-10(9-13)4-2-1-3-5-10/h12-13H,1-9H2,(H2,11,14,15). The summed E-state index contributed by atoms with van der Waals surface area (Å²) in [6.07, 6.45) is 5.57. The second kappa shape index (κ2) is 5.95. The van der Waals surface area contributed by atoms with E-state index in [-0.39, 0.29) is 17.8 Å². The fourth-order valence-electron chi connectivity index (χ4n) is 2.26. The fourth-order valence-corrected chi connectivity index (χ4v) is 2.69. The van der Waals surface area contributed by atoms with Crippen LogP contribution in [-0.4, -0.2) is 39.0 Å². The Morgan fingerprint density at radius 1 is 1.25 bits per heavy atom. The summed E-state index contributed by atoms with van der Waals surface area (Å²) in [6, 6.07) is 0. The van der Waals surface area contributed by atoms with Gasteiger partial charge < -0.3 is 10.4 Å². The Hall–Kier alpha value is -0.170. The first-order valence-electron chi connectivity index (χ1n) is 5.80. The van der Waals surface area contributed by atoms with Gasteiger partial charge in [0.05, 0.1) is 5.75 Å². The molecule has 1 aliphatic carbocycles. The molecule has 5 nitrogen and oxygen atoms in total. The van der Waals surface area contributed by atoms with Crippen molar-refractivity contribution in [3.05, 3.63) is 0 Å². The number of aliphatic hydroxyl groups is 1. The van der Waals surface area contributed by atoms with Gasteiger partial charge in [0.2, 0.25) is 10.0 Å². The molecule has 16 heavy (non-hydrogen) atoms. The van der Waals surface area contributed by atoms with E-state index in [1.54, 1.807) is 0 Å². The van der Waals surface area contributed by atoms with Crippen molar-refractivity contribution in [3.8, 4) is 0 Å². The molecule has 0 amide bonds. The summed E-state index contributed by atoms with van der Waals surface area (Å²) in [5.41, 5.74) is -0.0450. The van der Waals surface area contributed by atoms with Crippen LogP contribution in [0.25, 0.3) is 0 Å². The van der Waals surface area contributed by atoms with E-state index >= 15 is 0 Å². The first-order chi connectivity index (χ1) is 7.47. The lowest BCUT2D eigenvalue weighted by molar-refractivity contribution is 0.0820. The van der Waals surface area contributed by atoms with Gasteiger partial charge in [-0.2, -0.15) is 0 Å². The van der Waals surface area contributed by atoms with Crippen LogP contribution in [0.5, 0.6) is 0 Å². The van der Waals surface area contributed by atoms with Crippen LogP contribution in [0.3, 0.4) is 0 Å². The van der Waals surface area contributed by atoms with Crippen molar-refractivity contribution in [2.45, 2.75) is 32.1 Å². The summed E-state index contributed by atoms with van der Waals surface area (Å²) in [5.74, 6) is -0.0471. The maximum Gasteiger partial charge on any atom is 0.210 e. The molecule has 1 saturated carbocycles. The van der Waals surface area contributed by atoms with Gasteiger partial charge in [0.25, 0.3) is 0 Å². The minimum Gasteiger partial charge on any atom is -0.396 e. The highest BCUT2D eigenvalue weighted by Crippen LogP contribution is 2.35. The topological polar surface area (TPSA) is 92.4 Å². The highest BCUT2D eigenvalue weighted by Gasteiger charge is 2.30. The Morgan fingerprint density at radius 3 is 2.38 bits per heavy atom. The van der Waals surface area contributed by atoms with Crippen molar-refractivity contribution in [1.29, 1.82) is 0 Å². The van der Waals surface area contributed by atoms with E-state index in [1.165, 1.54) is 6.42 Å². The third-order valence-corrected chi connectivity index (χ3v) is 4.09. The van der Waals surface area contributed by atoms with Crippen LogP contribution in [0.4, 0.5) is 0 Å². The monoisotopic (exact) mass is 250 g/mol. The third kappa shape index (κ3) is 4.78. The Morgan fingerprint density at radius 2 is 1.88 bits per heavy atom. The molecule has 4 N–H and O–H groups in total. The molecule has 0 aliphatic heterocycles. The summed E-state index contributed by atoms with van der Waals surface area (Å²) >= 11 is 0. The van der Waals surface area contributed by atoms with E-state index in [0.717, 1.165) is 25.7 Å². The molecule has 1 fully saturated rings. The van der Waals surface area contributed by atoms with E-state index < -0.39 is 10.0 Å². The number of nitrogens with two attached hydrogens (primary N) is 1. The lowest BCUT2D eigenvalue weighted by Crippen LogP contribution is -2.40. The second-order valence-corrected chi connectivity index (χ2v) is 6.50. The van der Waals surface area contributed by atoms with Crippen molar-refractivity contribution in [2.24, 2.45) is 10.6 Å². The average molecular weight is 250 g/mol. The Kier molecular flexibility index (Phi) is 5.17. The van der Waals surface area contributed by atoms with Crippen molar-refractivity contribution in [1.82, 2.24) is 5.32 Å². The van der Waals surface area contributed by atoms with Gasteiger partial charge in [-0.3, -0.25) is 0 Å². The zero-order valence-electron chi connectivity index (χ0n) is 9.61. The molecule has 0 spiro atoms. The summed E-state index contributed by atoms with van der Waals surface area (Å²) in [4.78, 5) is 0. The van der Waals surface area contributed by atoms with Gasteiger partial charge in [-0.25, -0.2) is 13.6 Å². The van der Waals surface area contributed by atoms with Gasteiger partial charge in [0.15, 0.2) is 0 Å². The molecule has 0 saturated heterocycles. The van der Waals surface area contributed by atoms with E-state index in [9.17, 15) is 13.5 Å². The number of sulfonamides is 1. The summed E-state index contributed by atoms with van der Waals surface area (Å²) in [7, 11) is -3.38. The number of hydrogen-bond acceptors (Lipinski definition) is 4. The van der Waals surface area contributed by atoms with Crippen LogP contribution < -0.4 is 10.5 Å². The number of hydrogen-bond donors (Lipinski definition) is 3. The lowest BCUT2D eigenvalue weighted by atomic mass is 9.74. The predicted molar refractivity (Wildman–Crippen MR) is 63.4 cm³/mol. The van der Waals surface area contributed by atoms with Crippen LogP contribution in [0.15, 0.2) is 0 Å². The van der Waals surface area contributed by atoms with Gasteiger partial charge in [-0.1, -0.05) is 19.3 Å². The minimum atomic E-state index is -3.38. The molecule has 6 heteroatoms. The molecule has 0 bridgehead atoms. The molecular formula is C10H22N2O3S. The molecule has 0 unspecified atom stereocenters. The van der Waals surface area contributed by atoms with Gasteiger partial charge in [-0.15, -0.1) is 0 Å². The molecule has 0 heterocycles. The lowest BCUT2D eigenvalue weighted by Gasteiger charge is -2.35. The Labute approximate surface area is 97.5 Å². The van der Waals surface area contributed by atoms with Crippen LogP contribution in [0.1, 0.15) is 32.1 Å². The van der Waals surface area contributed by atoms with Crippen molar-refractivity contribution in [3.63, 3.8) is 0 Å². The van der Waals surface area contributed by atoms with E-state index in [4.69, 9.17) is 5.14 Å². The predicted octanol–water partition coefficient (Wildman–Crippen LogP) is -0.193. The minimum absolute atomic E-state index is 0.0450. The largest absolute Gasteiger partial charge is 0.396 e. The zero-order valence-corrected chi connectivity index (χ0v) is 10.4. The number of primary sulfonamides is 1. The third-order valence-electron chi connectivity index (χ3n) is 3.31. The van der Waals surface area contributed by atoms with Gasteiger partial charge >= 0.3 is 0 Å². The summed E-state index contributed by atoms with van der Waals surface area (Å²) < 4.78 is 21.4. The first kappa shape index (κ1) is 13.9. The Bertz CT molecular complexity index is 297. The zero-order chi connectivity index (χ0) is 12.1. The highest BCUT2D eigenvalue weighted by molar-refractivity contribution is 7.89. The first-order valence-corrected chi connectivity index (χ1v) is 7.51. The normalized spacial score (nSPS) is 20.9. The van der Waals surface area contributed by atoms with Crippen LogP contribution in [-0.2, 0) is 10.0 Å². The van der Waals surface area contributed by atoms with Crippen LogP contribution >= 0.6 is 0 Å². The molecule has 96 valence electrons. The van der Waals surface area contributed by atoms with Gasteiger partial charge in [-0.05, 0) is 12.8 Å². The van der Waals surface area contributed by atoms with E-state index in [1.807, 2.05) is 0 Å². The number of rotatable bonds is 6. The van der Waals surface area contributed by atoms with Gasteiger partial charge in [0, 0.05) is 25.1 Å². The van der Waals surface area contributed by atoms with Crippen molar-refractivity contribution >= 4 is 10.0 Å². The maximum atomic E-state index is 10.7. The molecule has 0 aromatic carbocycles. The number of nitrogens with one attached hydrogen (secondary N) is 1. The smallest absolute Gasteiger partial charge is 0.210 e. The van der Waals surface area contributed by atoms with Crippen molar-refractivity contribution < 1.29 is 13.5 Å². The van der Waals surface area contributed by atoms with Gasteiger partial charge in [0.1, 0.15) is 0 Å². The quantitative estimate of drug-likeness (QED) is 0.570. The average Bonchev–Trinajstić information content (AvgIpc) is 2.25. The van der Waals surface area contributed by atoms with E-state index in [0.29, 0.717) is 13.1 Å². The van der Waals surface area contributed by atoms with Crippen LogP contribution in [0, 0.1) is 5.41 Å². The van der Waals surface area contributed by atoms with Crippen LogP contribution in [0.2, 0.25) is 0 Å². The Balaban J connectivity index is 2.28. The van der Waals surface area contributed by atoms with Crippen molar-refractivity contribution in [2.75, 3.05) is 25.4 Å². The second-order valence-electron chi connectivity index (χ2n) is 4.76. The highest BCUT2D eigenvalue weighted by atomic mass is 32.2. The SMILES string of the molecule is NS(=O)(=O)CCNCC1(CO)CCCCC1. The molecule has 0 aromatic heterocycles. The molecule has 0 aromatic rings. The molecular weight excluding hydrogens is 228 g/mol. The molecule has 0 radical (unpaired) electrons. The van der Waals surface area contributed by atoms with E-state index in [2.05, 4.69) is 5.32 Å².